The van der Waals surface area contributed by atoms with Crippen LogP contribution in [0.5, 0.6) is 0 Å². The molecule has 0 spiro atoms. The predicted molar refractivity (Wildman–Crippen MR) is 147 cm³/mol. The van der Waals surface area contributed by atoms with E-state index in [9.17, 15) is 9.90 Å². The second-order valence-electron chi connectivity index (χ2n) is 10.3. The third kappa shape index (κ3) is 4.33. The molecule has 38 heavy (non-hydrogen) atoms. The highest BCUT2D eigenvalue weighted by Crippen LogP contribution is 2.37. The van der Waals surface area contributed by atoms with E-state index >= 15 is 0 Å². The number of carbonyl (C=O) groups is 1. The summed E-state index contributed by atoms with van der Waals surface area (Å²) in [6.45, 7) is 6.54. The largest absolute Gasteiger partial charge is 0.469 e. The van der Waals surface area contributed by atoms with Gasteiger partial charge in [-0.3, -0.25) is 4.79 Å². The van der Waals surface area contributed by atoms with E-state index in [1.54, 1.807) is 6.26 Å². The second kappa shape index (κ2) is 9.66. The minimum Gasteiger partial charge on any atom is -0.469 e. The van der Waals surface area contributed by atoms with Crippen molar-refractivity contribution in [2.45, 2.75) is 45.8 Å². The van der Waals surface area contributed by atoms with Gasteiger partial charge in [0, 0.05) is 17.5 Å². The van der Waals surface area contributed by atoms with E-state index in [1.807, 2.05) is 61.2 Å². The van der Waals surface area contributed by atoms with Crippen molar-refractivity contribution in [2.24, 2.45) is 0 Å². The molecule has 1 unspecified atom stereocenters. The molecule has 0 saturated heterocycles. The average Bonchev–Trinajstić information content (AvgIpc) is 3.50. The number of nitrogens with zero attached hydrogens (tertiary/aromatic N) is 1. The van der Waals surface area contributed by atoms with Crippen molar-refractivity contribution in [3.8, 4) is 0 Å². The quantitative estimate of drug-likeness (QED) is 0.287. The number of aryl methyl sites for hydroxylation is 3. The normalized spacial score (nSPS) is 16.0. The maximum atomic E-state index is 13.8. The molecule has 1 aliphatic heterocycles. The van der Waals surface area contributed by atoms with E-state index in [4.69, 9.17) is 8.83 Å². The topological polar surface area (TPSA) is 66.8 Å². The summed E-state index contributed by atoms with van der Waals surface area (Å²) in [6.07, 6.45) is 1.88. The number of fused-ring (bicyclic) bond motifs is 2. The second-order valence-corrected chi connectivity index (χ2v) is 10.3. The van der Waals surface area contributed by atoms with Crippen LogP contribution in [0, 0.1) is 20.8 Å². The Morgan fingerprint density at radius 3 is 2.61 bits per heavy atom. The first-order chi connectivity index (χ1) is 18.4. The third-order valence-electron chi connectivity index (χ3n) is 7.68. The highest BCUT2D eigenvalue weighted by atomic mass is 16.4. The lowest BCUT2D eigenvalue weighted by Gasteiger charge is -2.38. The first kappa shape index (κ1) is 24.3. The molecule has 1 N–H and O–H groups in total. The average molecular weight is 506 g/mol. The fourth-order valence-electron chi connectivity index (χ4n) is 5.79. The SMILES string of the molecule is Cc1ccc2c(c1)CCN(C(=O)Cc1ccc3oc([C@@H](O)c4c(C)coc4C)cc3c1)C2c1ccccc1. The lowest BCUT2D eigenvalue weighted by molar-refractivity contribution is -0.132. The van der Waals surface area contributed by atoms with E-state index in [2.05, 4.69) is 37.3 Å². The molecule has 0 fully saturated rings. The third-order valence-corrected chi connectivity index (χ3v) is 7.68. The van der Waals surface area contributed by atoms with Crippen molar-refractivity contribution in [3.05, 3.63) is 130 Å². The summed E-state index contributed by atoms with van der Waals surface area (Å²) in [5, 5.41) is 11.8. The summed E-state index contributed by atoms with van der Waals surface area (Å²) in [6, 6.07) is 24.4. The fourth-order valence-corrected chi connectivity index (χ4v) is 5.79. The van der Waals surface area contributed by atoms with E-state index < -0.39 is 6.10 Å². The van der Waals surface area contributed by atoms with Crippen molar-refractivity contribution in [1.82, 2.24) is 4.90 Å². The van der Waals surface area contributed by atoms with Crippen LogP contribution in [0.2, 0.25) is 0 Å². The van der Waals surface area contributed by atoms with Gasteiger partial charge in [-0.05, 0) is 73.2 Å². The first-order valence-electron chi connectivity index (χ1n) is 13.1. The van der Waals surface area contributed by atoms with Crippen molar-refractivity contribution in [1.29, 1.82) is 0 Å². The zero-order valence-corrected chi connectivity index (χ0v) is 21.9. The molecule has 5 aromatic rings. The number of hydrogen-bond donors (Lipinski definition) is 1. The van der Waals surface area contributed by atoms with Gasteiger partial charge in [-0.15, -0.1) is 0 Å². The number of hydrogen-bond acceptors (Lipinski definition) is 4. The Morgan fingerprint density at radius 2 is 1.84 bits per heavy atom. The molecule has 6 rings (SSSR count). The van der Waals surface area contributed by atoms with Gasteiger partial charge in [0.25, 0.3) is 0 Å². The summed E-state index contributed by atoms with van der Waals surface area (Å²) in [5.74, 6) is 1.23. The van der Waals surface area contributed by atoms with Gasteiger partial charge >= 0.3 is 0 Å². The molecule has 5 nitrogen and oxygen atoms in total. The number of carbonyl (C=O) groups excluding carboxylic acids is 1. The van der Waals surface area contributed by atoms with Gasteiger partial charge in [-0.1, -0.05) is 60.2 Å². The molecule has 3 aromatic carbocycles. The number of benzene rings is 3. The van der Waals surface area contributed by atoms with Crippen LogP contribution < -0.4 is 0 Å². The number of aliphatic hydroxyl groups is 1. The summed E-state index contributed by atoms with van der Waals surface area (Å²) >= 11 is 0. The Morgan fingerprint density at radius 1 is 1.03 bits per heavy atom. The Hall–Kier alpha value is -4.09. The van der Waals surface area contributed by atoms with Gasteiger partial charge in [0.05, 0.1) is 18.7 Å². The molecule has 192 valence electrons. The van der Waals surface area contributed by atoms with Crippen LogP contribution in [0.3, 0.4) is 0 Å². The van der Waals surface area contributed by atoms with Gasteiger partial charge < -0.3 is 18.8 Å². The monoisotopic (exact) mass is 505 g/mol. The van der Waals surface area contributed by atoms with Gasteiger partial charge in [0.1, 0.15) is 23.2 Å². The number of aliphatic hydroxyl groups excluding tert-OH is 1. The molecule has 0 saturated carbocycles. The van der Waals surface area contributed by atoms with Crippen LogP contribution in [-0.2, 0) is 17.6 Å². The Labute approximate surface area is 222 Å². The molecule has 3 heterocycles. The van der Waals surface area contributed by atoms with Gasteiger partial charge in [0.15, 0.2) is 0 Å². The van der Waals surface area contributed by atoms with E-state index in [0.717, 1.165) is 34.1 Å². The first-order valence-corrected chi connectivity index (χ1v) is 13.1. The molecule has 1 amide bonds. The van der Waals surface area contributed by atoms with Crippen LogP contribution >= 0.6 is 0 Å². The summed E-state index contributed by atoms with van der Waals surface area (Å²) in [5.41, 5.74) is 8.10. The molecular formula is C33H31NO4. The molecule has 2 aromatic heterocycles. The molecule has 0 aliphatic carbocycles. The minimum atomic E-state index is -0.907. The molecule has 0 radical (unpaired) electrons. The van der Waals surface area contributed by atoms with E-state index in [1.165, 1.54) is 16.7 Å². The smallest absolute Gasteiger partial charge is 0.227 e. The molecular weight excluding hydrogens is 474 g/mol. The number of rotatable bonds is 5. The summed E-state index contributed by atoms with van der Waals surface area (Å²) < 4.78 is 11.4. The Balaban J connectivity index is 1.28. The molecule has 1 aliphatic rings. The van der Waals surface area contributed by atoms with E-state index in [0.29, 0.717) is 30.1 Å². The standard InChI is InChI=1S/C33H31NO4/c1-20-9-11-27-25(15-20)13-14-34(32(27)24-7-5-4-6-8-24)30(35)17-23-10-12-28-26(16-23)18-29(38-28)33(36)31-21(2)19-37-22(31)3/h4-12,15-16,18-19,32-33,36H,13-14,17H2,1-3H3/t32?,33-/m1/s1. The highest BCUT2D eigenvalue weighted by molar-refractivity contribution is 5.84. The Bertz CT molecular complexity index is 1610. The Kier molecular flexibility index (Phi) is 6.16. The van der Waals surface area contributed by atoms with Gasteiger partial charge in [0.2, 0.25) is 5.91 Å². The molecule has 0 bridgehead atoms. The molecule has 5 heteroatoms. The highest BCUT2D eigenvalue weighted by Gasteiger charge is 2.32. The van der Waals surface area contributed by atoms with Crippen molar-refractivity contribution < 1.29 is 18.7 Å². The van der Waals surface area contributed by atoms with Gasteiger partial charge in [-0.2, -0.15) is 0 Å². The zero-order chi connectivity index (χ0) is 26.4. The minimum absolute atomic E-state index is 0.0952. The van der Waals surface area contributed by atoms with Crippen molar-refractivity contribution in [3.63, 3.8) is 0 Å². The predicted octanol–water partition coefficient (Wildman–Crippen LogP) is 6.75. The number of amides is 1. The van der Waals surface area contributed by atoms with Crippen LogP contribution in [0.15, 0.2) is 87.9 Å². The van der Waals surface area contributed by atoms with Crippen LogP contribution in [0.1, 0.15) is 62.6 Å². The fraction of sp³-hybridized carbons (Fsp3) is 0.242. The number of furan rings is 2. The zero-order valence-electron chi connectivity index (χ0n) is 21.9. The maximum absolute atomic E-state index is 13.8. The maximum Gasteiger partial charge on any atom is 0.227 e. The van der Waals surface area contributed by atoms with Crippen molar-refractivity contribution >= 4 is 16.9 Å². The van der Waals surface area contributed by atoms with Gasteiger partial charge in [-0.25, -0.2) is 0 Å². The van der Waals surface area contributed by atoms with Crippen LogP contribution in [0.25, 0.3) is 11.0 Å². The lowest BCUT2D eigenvalue weighted by Crippen LogP contribution is -2.41. The summed E-state index contributed by atoms with van der Waals surface area (Å²) in [4.78, 5) is 15.8. The van der Waals surface area contributed by atoms with Crippen molar-refractivity contribution in [2.75, 3.05) is 6.54 Å². The molecule has 2 atom stereocenters. The summed E-state index contributed by atoms with van der Waals surface area (Å²) in [7, 11) is 0. The lowest BCUT2D eigenvalue weighted by atomic mass is 9.87. The van der Waals surface area contributed by atoms with E-state index in [-0.39, 0.29) is 11.9 Å². The van der Waals surface area contributed by atoms with Crippen LogP contribution in [-0.4, -0.2) is 22.5 Å². The van der Waals surface area contributed by atoms with Crippen LogP contribution in [0.4, 0.5) is 0 Å².